The number of hydrogen-bond acceptors (Lipinski definition) is 18. The highest BCUT2D eigenvalue weighted by Crippen LogP contribution is 2.40. The zero-order chi connectivity index (χ0) is 38.6. The minimum atomic E-state index is -1.21. The van der Waals surface area contributed by atoms with Crippen LogP contribution in [-0.4, -0.2) is 115 Å². The van der Waals surface area contributed by atoms with Crippen molar-refractivity contribution in [2.75, 3.05) is 65.7 Å². The third-order valence-corrected chi connectivity index (χ3v) is 6.58. The van der Waals surface area contributed by atoms with Crippen LogP contribution in [0.3, 0.4) is 0 Å². The van der Waals surface area contributed by atoms with E-state index in [0.29, 0.717) is 37.5 Å². The molecule has 0 heterocycles. The molecular weight excluding hydrogens is 680 g/mol. The molecule has 0 atom stereocenters. The van der Waals surface area contributed by atoms with Crippen LogP contribution in [0.15, 0.2) is 24.3 Å². The highest BCUT2D eigenvalue weighted by molar-refractivity contribution is 5.65. The lowest BCUT2D eigenvalue weighted by Gasteiger charge is -2.18. The van der Waals surface area contributed by atoms with Gasteiger partial charge in [-0.15, -0.1) is 0 Å². The van der Waals surface area contributed by atoms with Gasteiger partial charge in [-0.2, -0.15) is 0 Å². The van der Waals surface area contributed by atoms with Crippen LogP contribution in [0, 0.1) is 60.7 Å². The summed E-state index contributed by atoms with van der Waals surface area (Å²) >= 11 is 0. The number of rotatable bonds is 19. The first kappa shape index (κ1) is 44.3. The highest BCUT2D eigenvalue weighted by atomic mass is 16.7. The van der Waals surface area contributed by atoms with Gasteiger partial charge in [0.25, 0.3) is 22.9 Å². The molecular formula is C26H38N8O16. The summed E-state index contributed by atoms with van der Waals surface area (Å²) in [4.78, 5) is 60.3. The first-order valence-corrected chi connectivity index (χ1v) is 14.7. The van der Waals surface area contributed by atoms with Crippen LogP contribution in [0.1, 0.15) is 27.7 Å². The minimum Gasteiger partial charge on any atom is -0.497 e. The van der Waals surface area contributed by atoms with Crippen molar-refractivity contribution in [2.24, 2.45) is 0 Å². The second-order valence-corrected chi connectivity index (χ2v) is 9.49. The molecule has 2 aromatic carbocycles. The Bertz CT molecular complexity index is 1300. The number of likely N-dealkylation sites (N-methyl/N-ethyl adjacent to an activating group) is 2. The van der Waals surface area contributed by atoms with Crippen molar-refractivity contribution in [3.8, 4) is 11.5 Å². The van der Waals surface area contributed by atoms with Crippen molar-refractivity contribution < 1.29 is 49.2 Å². The molecule has 278 valence electrons. The molecule has 0 bridgehead atoms. The topological polar surface area (TPSA) is 324 Å². The molecule has 2 rings (SSSR count). The SMILES string of the molecule is CCN(CC)CCOCCOCCN(CC)CC.O=[N+]([O-])c1cc([N+](=O)[O-])c(O)c([N+](=O)[O-])c1.O=[N+]([O-])c1cc([N+](=O)[O-])c(O)c([N+](=O)[O-])c1. The molecule has 2 aromatic rings. The number of nitro groups is 6. The molecule has 0 spiro atoms. The Morgan fingerprint density at radius 3 is 0.900 bits per heavy atom. The van der Waals surface area contributed by atoms with Crippen molar-refractivity contribution in [3.05, 3.63) is 85.0 Å². The molecule has 50 heavy (non-hydrogen) atoms. The van der Waals surface area contributed by atoms with Gasteiger partial charge in [-0.1, -0.05) is 27.7 Å². The highest BCUT2D eigenvalue weighted by Gasteiger charge is 2.31. The van der Waals surface area contributed by atoms with Crippen molar-refractivity contribution in [1.29, 1.82) is 0 Å². The van der Waals surface area contributed by atoms with Crippen molar-refractivity contribution in [2.45, 2.75) is 27.7 Å². The quantitative estimate of drug-likeness (QED) is 0.118. The monoisotopic (exact) mass is 718 g/mol. The molecule has 0 aliphatic rings. The maximum Gasteiger partial charge on any atom is 0.324 e. The summed E-state index contributed by atoms with van der Waals surface area (Å²) in [6.07, 6.45) is 0. The predicted octanol–water partition coefficient (Wildman–Crippen LogP) is 3.94. The average molecular weight is 719 g/mol. The first-order chi connectivity index (χ1) is 23.5. The molecule has 0 radical (unpaired) electrons. The average Bonchev–Trinajstić information content (AvgIpc) is 3.05. The van der Waals surface area contributed by atoms with Crippen LogP contribution in [0.4, 0.5) is 34.1 Å². The fourth-order valence-electron chi connectivity index (χ4n) is 3.74. The number of nitro benzene ring substituents is 6. The Labute approximate surface area is 283 Å². The Hall–Kier alpha value is -5.72. The summed E-state index contributed by atoms with van der Waals surface area (Å²) in [7, 11) is 0. The van der Waals surface area contributed by atoms with Crippen LogP contribution < -0.4 is 0 Å². The van der Waals surface area contributed by atoms with E-state index in [0.717, 1.165) is 52.5 Å². The fraction of sp³-hybridized carbons (Fsp3) is 0.538. The van der Waals surface area contributed by atoms with Crippen LogP contribution in [0.25, 0.3) is 0 Å². The molecule has 0 aliphatic carbocycles. The second kappa shape index (κ2) is 22.8. The molecule has 24 heteroatoms. The number of hydrogen-bond donors (Lipinski definition) is 2. The summed E-state index contributed by atoms with van der Waals surface area (Å²) in [5.41, 5.74) is -6.00. The lowest BCUT2D eigenvalue weighted by atomic mass is 10.2. The Balaban J connectivity index is 0.000000721. The van der Waals surface area contributed by atoms with Gasteiger partial charge in [-0.25, -0.2) is 0 Å². The zero-order valence-electron chi connectivity index (χ0n) is 27.6. The Morgan fingerprint density at radius 1 is 0.480 bits per heavy atom. The van der Waals surface area contributed by atoms with E-state index >= 15 is 0 Å². The van der Waals surface area contributed by atoms with E-state index in [1.165, 1.54) is 0 Å². The number of nitrogens with zero attached hydrogens (tertiary/aromatic N) is 8. The molecule has 0 saturated heterocycles. The first-order valence-electron chi connectivity index (χ1n) is 14.7. The summed E-state index contributed by atoms with van der Waals surface area (Å²) in [5.74, 6) is -2.42. The summed E-state index contributed by atoms with van der Waals surface area (Å²) < 4.78 is 11.1. The Morgan fingerprint density at radius 2 is 0.720 bits per heavy atom. The molecule has 0 unspecified atom stereocenters. The van der Waals surface area contributed by atoms with Crippen molar-refractivity contribution in [3.63, 3.8) is 0 Å². The van der Waals surface area contributed by atoms with Gasteiger partial charge >= 0.3 is 22.7 Å². The number of phenols is 2. The van der Waals surface area contributed by atoms with Gasteiger partial charge in [0.2, 0.25) is 0 Å². The number of ether oxygens (including phenoxy) is 2. The van der Waals surface area contributed by atoms with Gasteiger partial charge < -0.3 is 29.5 Å². The van der Waals surface area contributed by atoms with Gasteiger partial charge in [0, 0.05) is 13.1 Å². The van der Waals surface area contributed by atoms with E-state index < -0.39 is 75.2 Å². The summed E-state index contributed by atoms with van der Waals surface area (Å²) in [6, 6.07) is 1.79. The van der Waals surface area contributed by atoms with Gasteiger partial charge in [0.05, 0.1) is 80.2 Å². The number of phenolic OH excluding ortho intramolecular Hbond substituents is 2. The summed E-state index contributed by atoms with van der Waals surface area (Å²) in [5, 5.41) is 80.4. The fourth-order valence-corrected chi connectivity index (χ4v) is 3.74. The maximum atomic E-state index is 10.4. The molecule has 0 aliphatic heterocycles. The van der Waals surface area contributed by atoms with Gasteiger partial charge in [-0.05, 0) is 26.2 Å². The molecule has 0 aromatic heterocycles. The van der Waals surface area contributed by atoms with Crippen LogP contribution >= 0.6 is 0 Å². The van der Waals surface area contributed by atoms with Crippen LogP contribution in [-0.2, 0) is 9.47 Å². The number of aromatic hydroxyl groups is 2. The zero-order valence-corrected chi connectivity index (χ0v) is 27.6. The lowest BCUT2D eigenvalue weighted by Crippen LogP contribution is -2.28. The van der Waals surface area contributed by atoms with Crippen molar-refractivity contribution in [1.82, 2.24) is 9.80 Å². The molecule has 0 fully saturated rings. The predicted molar refractivity (Wildman–Crippen MR) is 173 cm³/mol. The maximum absolute atomic E-state index is 10.4. The normalized spacial score (nSPS) is 10.4. The minimum absolute atomic E-state index is 0.447. The number of non-ortho nitro benzene ring substituents is 2. The van der Waals surface area contributed by atoms with E-state index in [4.69, 9.17) is 19.7 Å². The third-order valence-electron chi connectivity index (χ3n) is 6.58. The molecule has 0 saturated carbocycles. The smallest absolute Gasteiger partial charge is 0.324 e. The third kappa shape index (κ3) is 15.0. The van der Waals surface area contributed by atoms with E-state index in [1.807, 2.05) is 0 Å². The van der Waals surface area contributed by atoms with E-state index in [2.05, 4.69) is 37.5 Å². The van der Waals surface area contributed by atoms with Crippen LogP contribution in [0.2, 0.25) is 0 Å². The van der Waals surface area contributed by atoms with Gasteiger partial charge in [-0.3, -0.25) is 60.7 Å². The number of benzene rings is 2. The lowest BCUT2D eigenvalue weighted by molar-refractivity contribution is -0.404. The van der Waals surface area contributed by atoms with Gasteiger partial charge in [0.15, 0.2) is 0 Å². The molecule has 0 amide bonds. The van der Waals surface area contributed by atoms with Crippen LogP contribution in [0.5, 0.6) is 11.5 Å². The van der Waals surface area contributed by atoms with E-state index in [1.54, 1.807) is 0 Å². The summed E-state index contributed by atoms with van der Waals surface area (Å²) in [6.45, 7) is 18.2. The van der Waals surface area contributed by atoms with E-state index in [-0.39, 0.29) is 0 Å². The van der Waals surface area contributed by atoms with Gasteiger partial charge in [0.1, 0.15) is 0 Å². The largest absolute Gasteiger partial charge is 0.497 e. The standard InChI is InChI=1S/C14H32N2O2.2C6H3N3O7/c1-5-15(6-2)9-11-17-13-14-18-12-10-16(7-3)8-4;2*10-6-4(8(13)14)1-3(7(11)12)2-5(6)9(15)16/h5-14H2,1-4H3;2*1-2,10H. The Kier molecular flexibility index (Phi) is 20.2. The van der Waals surface area contributed by atoms with E-state index in [9.17, 15) is 60.7 Å². The molecule has 2 N–H and O–H groups in total. The molecule has 24 nitrogen and oxygen atoms in total. The second-order valence-electron chi connectivity index (χ2n) is 9.49. The van der Waals surface area contributed by atoms with Crippen molar-refractivity contribution >= 4 is 34.1 Å².